The fraction of sp³-hybridized carbons (Fsp3) is 0.409. The van der Waals surface area contributed by atoms with Crippen molar-refractivity contribution >= 4 is 5.91 Å². The van der Waals surface area contributed by atoms with Gasteiger partial charge in [-0.1, -0.05) is 26.0 Å². The molecule has 0 unspecified atom stereocenters. The molecule has 0 atom stereocenters. The number of benzene rings is 2. The van der Waals surface area contributed by atoms with Gasteiger partial charge >= 0.3 is 0 Å². The standard InChI is InChI=1S/C22H27FN2O3/c1-3-25(4-2)13-16-5-7-17(8-6-16)22(26)24-10-9-18-11-20(23)12-19-14-27-15-28-21(18)19/h5-8,11-12H,3-4,9-10,13-15H2,1-2H3,(H,24,26). The first-order valence-corrected chi connectivity index (χ1v) is 9.72. The molecule has 0 saturated carbocycles. The van der Waals surface area contributed by atoms with Crippen molar-refractivity contribution in [3.05, 3.63) is 64.5 Å². The van der Waals surface area contributed by atoms with E-state index in [1.807, 2.05) is 24.3 Å². The molecular weight excluding hydrogens is 359 g/mol. The third-order valence-electron chi connectivity index (χ3n) is 4.95. The molecule has 0 spiro atoms. The number of halogens is 1. The van der Waals surface area contributed by atoms with Gasteiger partial charge in [-0.05, 0) is 54.9 Å². The molecule has 0 fully saturated rings. The number of hydrogen-bond donors (Lipinski definition) is 1. The fourth-order valence-electron chi connectivity index (χ4n) is 3.32. The molecule has 28 heavy (non-hydrogen) atoms. The molecule has 6 heteroatoms. The van der Waals surface area contributed by atoms with Crippen LogP contribution in [0.4, 0.5) is 4.39 Å². The summed E-state index contributed by atoms with van der Waals surface area (Å²) in [5, 5.41) is 2.90. The lowest BCUT2D eigenvalue weighted by molar-refractivity contribution is -0.0172. The molecule has 1 heterocycles. The number of ether oxygens (including phenoxy) is 2. The van der Waals surface area contributed by atoms with Crippen LogP contribution in [-0.2, 0) is 24.3 Å². The summed E-state index contributed by atoms with van der Waals surface area (Å²) >= 11 is 0. The van der Waals surface area contributed by atoms with Crippen LogP contribution in [0.2, 0.25) is 0 Å². The Bertz CT molecular complexity index is 804. The summed E-state index contributed by atoms with van der Waals surface area (Å²) in [6.07, 6.45) is 0.492. The Morgan fingerprint density at radius 3 is 2.64 bits per heavy atom. The van der Waals surface area contributed by atoms with Gasteiger partial charge in [-0.25, -0.2) is 4.39 Å². The Morgan fingerprint density at radius 2 is 1.93 bits per heavy atom. The predicted octanol–water partition coefficient (Wildman–Crippen LogP) is 3.51. The molecule has 0 saturated heterocycles. The summed E-state index contributed by atoms with van der Waals surface area (Å²) in [4.78, 5) is 14.7. The van der Waals surface area contributed by atoms with Crippen LogP contribution in [0.3, 0.4) is 0 Å². The van der Waals surface area contributed by atoms with E-state index in [1.165, 1.54) is 17.7 Å². The van der Waals surface area contributed by atoms with E-state index in [9.17, 15) is 9.18 Å². The first kappa shape index (κ1) is 20.3. The van der Waals surface area contributed by atoms with Crippen LogP contribution in [0.15, 0.2) is 36.4 Å². The highest BCUT2D eigenvalue weighted by molar-refractivity contribution is 5.94. The molecule has 0 aromatic heterocycles. The monoisotopic (exact) mass is 386 g/mol. The highest BCUT2D eigenvalue weighted by atomic mass is 19.1. The molecule has 150 valence electrons. The summed E-state index contributed by atoms with van der Waals surface area (Å²) in [5.74, 6) is 0.213. The summed E-state index contributed by atoms with van der Waals surface area (Å²) in [7, 11) is 0. The maximum Gasteiger partial charge on any atom is 0.251 e. The molecule has 2 aromatic rings. The van der Waals surface area contributed by atoms with Gasteiger partial charge in [-0.2, -0.15) is 0 Å². The van der Waals surface area contributed by atoms with Gasteiger partial charge < -0.3 is 14.8 Å². The minimum atomic E-state index is -0.321. The van der Waals surface area contributed by atoms with Gasteiger partial charge in [0.1, 0.15) is 11.6 Å². The van der Waals surface area contributed by atoms with E-state index in [2.05, 4.69) is 24.1 Å². The van der Waals surface area contributed by atoms with Crippen LogP contribution < -0.4 is 10.1 Å². The van der Waals surface area contributed by atoms with E-state index < -0.39 is 0 Å². The van der Waals surface area contributed by atoms with Crippen LogP contribution >= 0.6 is 0 Å². The first-order valence-electron chi connectivity index (χ1n) is 9.72. The zero-order valence-corrected chi connectivity index (χ0v) is 16.5. The van der Waals surface area contributed by atoms with Crippen molar-refractivity contribution in [2.24, 2.45) is 0 Å². The van der Waals surface area contributed by atoms with Gasteiger partial charge in [0.15, 0.2) is 6.79 Å². The van der Waals surface area contributed by atoms with Gasteiger partial charge in [0.25, 0.3) is 5.91 Å². The number of rotatable bonds is 8. The second kappa shape index (κ2) is 9.66. The van der Waals surface area contributed by atoms with Crippen LogP contribution in [0, 0.1) is 5.82 Å². The highest BCUT2D eigenvalue weighted by Gasteiger charge is 2.17. The molecule has 3 rings (SSSR count). The zero-order valence-electron chi connectivity index (χ0n) is 16.5. The zero-order chi connectivity index (χ0) is 19.9. The predicted molar refractivity (Wildman–Crippen MR) is 106 cm³/mol. The number of amides is 1. The Labute approximate surface area is 165 Å². The van der Waals surface area contributed by atoms with Crippen molar-refractivity contribution in [2.75, 3.05) is 26.4 Å². The van der Waals surface area contributed by atoms with Gasteiger partial charge in [-0.15, -0.1) is 0 Å². The molecule has 1 aliphatic rings. The third-order valence-corrected chi connectivity index (χ3v) is 4.95. The lowest BCUT2D eigenvalue weighted by Gasteiger charge is -2.21. The van der Waals surface area contributed by atoms with E-state index in [0.29, 0.717) is 36.4 Å². The molecule has 1 aliphatic heterocycles. The number of fused-ring (bicyclic) bond motifs is 1. The summed E-state index contributed by atoms with van der Waals surface area (Å²) in [6, 6.07) is 10.6. The normalized spacial score (nSPS) is 13.1. The average molecular weight is 386 g/mol. The summed E-state index contributed by atoms with van der Waals surface area (Å²) in [6.45, 7) is 8.06. The number of nitrogens with one attached hydrogen (secondary N) is 1. The lowest BCUT2D eigenvalue weighted by atomic mass is 10.1. The Kier molecular flexibility index (Phi) is 7.01. The fourth-order valence-corrected chi connectivity index (χ4v) is 3.32. The lowest BCUT2D eigenvalue weighted by Crippen LogP contribution is -2.26. The van der Waals surface area contributed by atoms with Gasteiger partial charge in [0.05, 0.1) is 6.61 Å². The van der Waals surface area contributed by atoms with Crippen molar-refractivity contribution in [1.29, 1.82) is 0 Å². The Hall–Kier alpha value is -2.44. The molecule has 5 nitrogen and oxygen atoms in total. The van der Waals surface area contributed by atoms with Crippen LogP contribution in [0.5, 0.6) is 5.75 Å². The summed E-state index contributed by atoms with van der Waals surface area (Å²) < 4.78 is 24.5. The van der Waals surface area contributed by atoms with E-state index >= 15 is 0 Å². The maximum absolute atomic E-state index is 13.8. The van der Waals surface area contributed by atoms with Crippen LogP contribution in [0.25, 0.3) is 0 Å². The average Bonchev–Trinajstić information content (AvgIpc) is 2.72. The van der Waals surface area contributed by atoms with Gasteiger partial charge in [0.2, 0.25) is 0 Å². The van der Waals surface area contributed by atoms with E-state index in [4.69, 9.17) is 9.47 Å². The molecule has 0 bridgehead atoms. The number of carbonyl (C=O) groups excluding carboxylic acids is 1. The molecule has 1 N–H and O–H groups in total. The smallest absolute Gasteiger partial charge is 0.251 e. The second-order valence-corrected chi connectivity index (χ2v) is 6.83. The highest BCUT2D eigenvalue weighted by Crippen LogP contribution is 2.29. The van der Waals surface area contributed by atoms with E-state index in [0.717, 1.165) is 25.2 Å². The van der Waals surface area contributed by atoms with E-state index in [-0.39, 0.29) is 18.5 Å². The SMILES string of the molecule is CCN(CC)Cc1ccc(C(=O)NCCc2cc(F)cc3c2OCOC3)cc1. The van der Waals surface area contributed by atoms with Crippen molar-refractivity contribution < 1.29 is 18.7 Å². The summed E-state index contributed by atoms with van der Waals surface area (Å²) in [5.41, 5.74) is 3.25. The molecule has 1 amide bonds. The van der Waals surface area contributed by atoms with Gasteiger partial charge in [0, 0.05) is 24.2 Å². The van der Waals surface area contributed by atoms with Crippen molar-refractivity contribution in [2.45, 2.75) is 33.4 Å². The third kappa shape index (κ3) is 5.09. The minimum absolute atomic E-state index is 0.135. The maximum atomic E-state index is 13.8. The number of nitrogens with zero attached hydrogens (tertiary/aromatic N) is 1. The molecule has 0 aliphatic carbocycles. The topological polar surface area (TPSA) is 50.8 Å². The van der Waals surface area contributed by atoms with Crippen molar-refractivity contribution in [1.82, 2.24) is 10.2 Å². The molecular formula is C22H27FN2O3. The first-order chi connectivity index (χ1) is 13.6. The largest absolute Gasteiger partial charge is 0.467 e. The van der Waals surface area contributed by atoms with Gasteiger partial charge in [-0.3, -0.25) is 9.69 Å². The minimum Gasteiger partial charge on any atom is -0.467 e. The van der Waals surface area contributed by atoms with Crippen molar-refractivity contribution in [3.8, 4) is 5.75 Å². The Balaban J connectivity index is 1.55. The quantitative estimate of drug-likeness (QED) is 0.754. The van der Waals surface area contributed by atoms with Crippen LogP contribution in [0.1, 0.15) is 40.9 Å². The van der Waals surface area contributed by atoms with E-state index in [1.54, 1.807) is 0 Å². The number of hydrogen-bond acceptors (Lipinski definition) is 4. The molecule has 2 aromatic carbocycles. The Morgan fingerprint density at radius 1 is 1.18 bits per heavy atom. The van der Waals surface area contributed by atoms with Crippen molar-refractivity contribution in [3.63, 3.8) is 0 Å². The van der Waals surface area contributed by atoms with Crippen LogP contribution in [-0.4, -0.2) is 37.2 Å². The number of carbonyl (C=O) groups is 1. The molecule has 0 radical (unpaired) electrons. The second-order valence-electron chi connectivity index (χ2n) is 6.83.